The van der Waals surface area contributed by atoms with Gasteiger partial charge in [0.1, 0.15) is 0 Å². The van der Waals surface area contributed by atoms with Crippen LogP contribution in [0.5, 0.6) is 0 Å². The summed E-state index contributed by atoms with van der Waals surface area (Å²) in [6.07, 6.45) is 0.585. The highest BCUT2D eigenvalue weighted by molar-refractivity contribution is 7.89. The van der Waals surface area contributed by atoms with Crippen molar-refractivity contribution in [3.05, 3.63) is 29.3 Å². The van der Waals surface area contributed by atoms with Gasteiger partial charge in [0.25, 0.3) is 5.91 Å². The topological polar surface area (TPSA) is 87.7 Å². The van der Waals surface area contributed by atoms with E-state index in [-0.39, 0.29) is 10.8 Å². The quantitative estimate of drug-likeness (QED) is 0.656. The Bertz CT molecular complexity index is 685. The van der Waals surface area contributed by atoms with Crippen molar-refractivity contribution >= 4 is 15.9 Å². The Morgan fingerprint density at radius 3 is 2.56 bits per heavy atom. The molecule has 0 aliphatic carbocycles. The second-order valence-electron chi connectivity index (χ2n) is 5.80. The smallest absolute Gasteiger partial charge is 0.251 e. The molecule has 25 heavy (non-hydrogen) atoms. The third-order valence-corrected chi connectivity index (χ3v) is 6.12. The van der Waals surface area contributed by atoms with Crippen molar-refractivity contribution in [3.63, 3.8) is 0 Å². The third-order valence-electron chi connectivity index (χ3n) is 4.14. The first-order chi connectivity index (χ1) is 12.0. The molecule has 0 unspecified atom stereocenters. The molecule has 1 aromatic carbocycles. The van der Waals surface area contributed by atoms with E-state index in [2.05, 4.69) is 10.6 Å². The largest absolute Gasteiger partial charge is 0.379 e. The summed E-state index contributed by atoms with van der Waals surface area (Å²) >= 11 is 0. The third kappa shape index (κ3) is 5.01. The Morgan fingerprint density at radius 1 is 1.20 bits per heavy atom. The number of sulfonamides is 1. The number of ether oxygens (including phenoxy) is 1. The van der Waals surface area contributed by atoms with Crippen LogP contribution in [0.2, 0.25) is 0 Å². The first-order valence-corrected chi connectivity index (χ1v) is 10.1. The van der Waals surface area contributed by atoms with Crippen molar-refractivity contribution in [3.8, 4) is 0 Å². The van der Waals surface area contributed by atoms with Crippen LogP contribution >= 0.6 is 0 Å². The highest BCUT2D eigenvalue weighted by atomic mass is 32.2. The predicted molar refractivity (Wildman–Crippen MR) is 96.3 cm³/mol. The molecule has 0 atom stereocenters. The van der Waals surface area contributed by atoms with Crippen molar-refractivity contribution in [2.75, 3.05) is 45.9 Å². The van der Waals surface area contributed by atoms with Gasteiger partial charge in [-0.2, -0.15) is 4.31 Å². The van der Waals surface area contributed by atoms with Gasteiger partial charge in [0.15, 0.2) is 0 Å². The summed E-state index contributed by atoms with van der Waals surface area (Å²) in [5, 5.41) is 5.92. The zero-order valence-electron chi connectivity index (χ0n) is 14.9. The van der Waals surface area contributed by atoms with Gasteiger partial charge in [0.05, 0.1) is 18.1 Å². The number of amides is 1. The second kappa shape index (κ2) is 9.28. The molecule has 0 spiro atoms. The average molecular weight is 369 g/mol. The van der Waals surface area contributed by atoms with Gasteiger partial charge in [-0.25, -0.2) is 8.42 Å². The van der Waals surface area contributed by atoms with Gasteiger partial charge < -0.3 is 15.4 Å². The molecule has 1 amide bonds. The van der Waals surface area contributed by atoms with Gasteiger partial charge in [-0.1, -0.05) is 19.9 Å². The highest BCUT2D eigenvalue weighted by Gasteiger charge is 2.28. The van der Waals surface area contributed by atoms with Gasteiger partial charge in [0.2, 0.25) is 10.0 Å². The molecule has 1 fully saturated rings. The highest BCUT2D eigenvalue weighted by Crippen LogP contribution is 2.23. The van der Waals surface area contributed by atoms with Crippen LogP contribution in [-0.4, -0.2) is 64.6 Å². The first-order valence-electron chi connectivity index (χ1n) is 8.70. The van der Waals surface area contributed by atoms with E-state index in [0.717, 1.165) is 12.1 Å². The minimum Gasteiger partial charge on any atom is -0.379 e. The first kappa shape index (κ1) is 19.8. The lowest BCUT2D eigenvalue weighted by Gasteiger charge is -2.27. The lowest BCUT2D eigenvalue weighted by atomic mass is 10.1. The van der Waals surface area contributed by atoms with E-state index >= 15 is 0 Å². The molecule has 1 aliphatic heterocycles. The number of nitrogens with one attached hydrogen (secondary N) is 2. The summed E-state index contributed by atoms with van der Waals surface area (Å²) in [5.41, 5.74) is 1.08. The van der Waals surface area contributed by atoms with Crippen LogP contribution in [0.4, 0.5) is 0 Å². The molecule has 1 saturated heterocycles. The van der Waals surface area contributed by atoms with E-state index in [4.69, 9.17) is 4.74 Å². The molecule has 0 aromatic heterocycles. The van der Waals surface area contributed by atoms with Crippen molar-refractivity contribution in [1.29, 1.82) is 0 Å². The number of morpholine rings is 1. The van der Waals surface area contributed by atoms with Crippen LogP contribution in [0.25, 0.3) is 0 Å². The molecule has 2 N–H and O–H groups in total. The van der Waals surface area contributed by atoms with Crippen LogP contribution in [0, 0.1) is 0 Å². The van der Waals surface area contributed by atoms with E-state index in [1.165, 1.54) is 10.4 Å². The normalized spacial score (nSPS) is 15.9. The summed E-state index contributed by atoms with van der Waals surface area (Å²) in [7, 11) is -3.63. The maximum atomic E-state index is 13.0. The fourth-order valence-electron chi connectivity index (χ4n) is 2.70. The number of aryl methyl sites for hydroxylation is 1. The molecular formula is C17H27N3O4S. The number of carbonyl (C=O) groups is 1. The van der Waals surface area contributed by atoms with Gasteiger partial charge in [-0.15, -0.1) is 0 Å². The Kier molecular flexibility index (Phi) is 7.37. The summed E-state index contributed by atoms with van der Waals surface area (Å²) in [6, 6.07) is 4.90. The van der Waals surface area contributed by atoms with Gasteiger partial charge in [-0.05, 0) is 30.7 Å². The van der Waals surface area contributed by atoms with Crippen molar-refractivity contribution < 1.29 is 17.9 Å². The van der Waals surface area contributed by atoms with E-state index in [0.29, 0.717) is 51.4 Å². The van der Waals surface area contributed by atoms with E-state index < -0.39 is 10.0 Å². The lowest BCUT2D eigenvalue weighted by molar-refractivity contribution is 0.0730. The maximum Gasteiger partial charge on any atom is 0.251 e. The zero-order valence-corrected chi connectivity index (χ0v) is 15.7. The molecule has 0 bridgehead atoms. The molecule has 0 saturated carbocycles. The standard InChI is InChI=1S/C17H27N3O4S/c1-3-14-5-6-15(17(21)19-8-7-18-4-2)13-16(14)25(22,23)20-9-11-24-12-10-20/h5-6,13,18H,3-4,7-12H2,1-2H3,(H,19,21). The molecule has 140 valence electrons. The molecule has 1 aromatic rings. The Balaban J connectivity index is 2.23. The summed E-state index contributed by atoms with van der Waals surface area (Å²) in [4.78, 5) is 12.5. The fourth-order valence-corrected chi connectivity index (χ4v) is 4.42. The van der Waals surface area contributed by atoms with E-state index in [1.807, 2.05) is 13.8 Å². The number of likely N-dealkylation sites (N-methyl/N-ethyl adjacent to an activating group) is 1. The summed E-state index contributed by atoms with van der Waals surface area (Å²) in [6.45, 7) is 7.37. The van der Waals surface area contributed by atoms with Gasteiger partial charge >= 0.3 is 0 Å². The Hall–Kier alpha value is -1.48. The summed E-state index contributed by atoms with van der Waals surface area (Å²) < 4.78 is 32.6. The minimum absolute atomic E-state index is 0.219. The number of carbonyl (C=O) groups excluding carboxylic acids is 1. The van der Waals surface area contributed by atoms with Gasteiger partial charge in [0, 0.05) is 31.7 Å². The summed E-state index contributed by atoms with van der Waals surface area (Å²) in [5.74, 6) is -0.265. The van der Waals surface area contributed by atoms with E-state index in [1.54, 1.807) is 12.1 Å². The molecule has 1 heterocycles. The lowest BCUT2D eigenvalue weighted by Crippen LogP contribution is -2.41. The van der Waals surface area contributed by atoms with Crippen LogP contribution in [-0.2, 0) is 21.2 Å². The molecule has 7 nitrogen and oxygen atoms in total. The molecule has 0 radical (unpaired) electrons. The van der Waals surface area contributed by atoms with Crippen molar-refractivity contribution in [1.82, 2.24) is 14.9 Å². The van der Waals surface area contributed by atoms with Gasteiger partial charge in [-0.3, -0.25) is 4.79 Å². The van der Waals surface area contributed by atoms with Crippen LogP contribution < -0.4 is 10.6 Å². The number of benzene rings is 1. The Labute approximate surface area is 149 Å². The Morgan fingerprint density at radius 2 is 1.92 bits per heavy atom. The van der Waals surface area contributed by atoms with Crippen LogP contribution in [0.3, 0.4) is 0 Å². The molecule has 2 rings (SSSR count). The fraction of sp³-hybridized carbons (Fsp3) is 0.588. The van der Waals surface area contributed by atoms with Crippen LogP contribution in [0.1, 0.15) is 29.8 Å². The molecule has 8 heteroatoms. The van der Waals surface area contributed by atoms with Crippen molar-refractivity contribution in [2.24, 2.45) is 0 Å². The predicted octanol–water partition coefficient (Wildman–Crippen LogP) is 0.609. The monoisotopic (exact) mass is 369 g/mol. The number of rotatable bonds is 8. The molecular weight excluding hydrogens is 342 g/mol. The number of hydrogen-bond acceptors (Lipinski definition) is 5. The zero-order chi connectivity index (χ0) is 18.3. The number of hydrogen-bond donors (Lipinski definition) is 2. The van der Waals surface area contributed by atoms with E-state index in [9.17, 15) is 13.2 Å². The maximum absolute atomic E-state index is 13.0. The minimum atomic E-state index is -3.63. The average Bonchev–Trinajstić information content (AvgIpc) is 2.65. The SMILES string of the molecule is CCNCCNC(=O)c1ccc(CC)c(S(=O)(=O)N2CCOCC2)c1. The van der Waals surface area contributed by atoms with Crippen molar-refractivity contribution in [2.45, 2.75) is 25.2 Å². The van der Waals surface area contributed by atoms with Crippen LogP contribution in [0.15, 0.2) is 23.1 Å². The number of nitrogens with zero attached hydrogens (tertiary/aromatic N) is 1. The second-order valence-corrected chi connectivity index (χ2v) is 7.71. The molecule has 1 aliphatic rings.